The number of carbonyl (C=O) groups excluding carboxylic acids is 3. The number of aryl methyl sites for hydroxylation is 1. The summed E-state index contributed by atoms with van der Waals surface area (Å²) in [6, 6.07) is 7.40. The summed E-state index contributed by atoms with van der Waals surface area (Å²) in [6.45, 7) is 3.86. The van der Waals surface area contributed by atoms with Gasteiger partial charge in [0.15, 0.2) is 0 Å². The number of carbonyl (C=O) groups is 3. The van der Waals surface area contributed by atoms with Gasteiger partial charge >= 0.3 is 12.0 Å². The molecule has 0 bridgehead atoms. The molecule has 31 heavy (non-hydrogen) atoms. The molecule has 3 amide bonds. The Morgan fingerprint density at radius 1 is 1.29 bits per heavy atom. The number of pyridine rings is 1. The maximum atomic E-state index is 12.7. The van der Waals surface area contributed by atoms with E-state index in [-0.39, 0.29) is 31.2 Å². The molecule has 0 aromatic carbocycles. The van der Waals surface area contributed by atoms with Gasteiger partial charge in [-0.25, -0.2) is 14.6 Å². The molecular weight excluding hydrogens is 402 g/mol. The first-order chi connectivity index (χ1) is 14.9. The number of anilines is 1. The lowest BCUT2D eigenvalue weighted by Gasteiger charge is -2.29. The number of ether oxygens (including phenoxy) is 1. The van der Waals surface area contributed by atoms with E-state index in [1.165, 1.54) is 6.26 Å². The van der Waals surface area contributed by atoms with Crippen LogP contribution in [-0.4, -0.2) is 54.5 Å². The van der Waals surface area contributed by atoms with Crippen molar-refractivity contribution in [1.29, 1.82) is 0 Å². The van der Waals surface area contributed by atoms with Crippen LogP contribution in [0.15, 0.2) is 52.3 Å². The Morgan fingerprint density at radius 2 is 2.10 bits per heavy atom. The normalized spacial score (nSPS) is 16.0. The van der Waals surface area contributed by atoms with Crippen molar-refractivity contribution >= 4 is 23.7 Å². The van der Waals surface area contributed by atoms with E-state index in [2.05, 4.69) is 20.9 Å². The highest BCUT2D eigenvalue weighted by Gasteiger charge is 2.35. The lowest BCUT2D eigenvalue weighted by Crippen LogP contribution is -2.48. The highest BCUT2D eigenvalue weighted by Crippen LogP contribution is 2.28. The smallest absolute Gasteiger partial charge is 0.338 e. The van der Waals surface area contributed by atoms with Crippen LogP contribution in [0.1, 0.15) is 24.4 Å². The number of esters is 1. The molecule has 2 aromatic heterocycles. The quantitative estimate of drug-likeness (QED) is 0.548. The van der Waals surface area contributed by atoms with Crippen molar-refractivity contribution in [3.8, 4) is 0 Å². The lowest BCUT2D eigenvalue weighted by atomic mass is 10.00. The van der Waals surface area contributed by atoms with Crippen molar-refractivity contribution in [2.24, 2.45) is 0 Å². The van der Waals surface area contributed by atoms with E-state index >= 15 is 0 Å². The summed E-state index contributed by atoms with van der Waals surface area (Å²) in [6.07, 6.45) is 1.46. The Kier molecular flexibility index (Phi) is 7.03. The predicted octanol–water partition coefficient (Wildman–Crippen LogP) is 1.72. The zero-order chi connectivity index (χ0) is 22.4. The third-order valence-electron chi connectivity index (χ3n) is 4.47. The molecule has 1 atom stereocenters. The van der Waals surface area contributed by atoms with Crippen molar-refractivity contribution in [1.82, 2.24) is 20.5 Å². The van der Waals surface area contributed by atoms with Crippen molar-refractivity contribution in [3.63, 3.8) is 0 Å². The minimum atomic E-state index is -0.795. The summed E-state index contributed by atoms with van der Waals surface area (Å²) in [4.78, 5) is 43.2. The van der Waals surface area contributed by atoms with Crippen LogP contribution in [0.3, 0.4) is 0 Å². The lowest BCUT2D eigenvalue weighted by molar-refractivity contribution is -0.139. The molecule has 3 heterocycles. The second kappa shape index (κ2) is 9.90. The Labute approximate surface area is 179 Å². The maximum absolute atomic E-state index is 12.7. The zero-order valence-corrected chi connectivity index (χ0v) is 17.6. The highest BCUT2D eigenvalue weighted by molar-refractivity contribution is 5.95. The van der Waals surface area contributed by atoms with Gasteiger partial charge in [-0.3, -0.25) is 9.69 Å². The first kappa shape index (κ1) is 22.0. The fourth-order valence-corrected chi connectivity index (χ4v) is 3.23. The Bertz CT molecular complexity index is 986. The van der Waals surface area contributed by atoms with Gasteiger partial charge in [-0.2, -0.15) is 0 Å². The van der Waals surface area contributed by atoms with E-state index in [0.29, 0.717) is 17.3 Å². The van der Waals surface area contributed by atoms with Crippen LogP contribution in [-0.2, 0) is 14.3 Å². The average Bonchev–Trinajstić information content (AvgIpc) is 3.22. The highest BCUT2D eigenvalue weighted by atomic mass is 16.5. The minimum absolute atomic E-state index is 0.0178. The van der Waals surface area contributed by atoms with Crippen molar-refractivity contribution < 1.29 is 23.5 Å². The van der Waals surface area contributed by atoms with E-state index in [1.54, 1.807) is 43.1 Å². The molecule has 3 N–H and O–H groups in total. The van der Waals surface area contributed by atoms with Gasteiger partial charge in [0.2, 0.25) is 5.91 Å². The molecule has 1 aliphatic rings. The number of aromatic nitrogens is 1. The zero-order valence-electron chi connectivity index (χ0n) is 17.6. The van der Waals surface area contributed by atoms with Gasteiger partial charge in [-0.15, -0.1) is 0 Å². The number of nitrogens with zero attached hydrogens (tertiary/aromatic N) is 2. The molecule has 3 rings (SSSR count). The number of hydrogen-bond acceptors (Lipinski definition) is 7. The van der Waals surface area contributed by atoms with E-state index < -0.39 is 18.0 Å². The fraction of sp³-hybridized carbons (Fsp3) is 0.333. The summed E-state index contributed by atoms with van der Waals surface area (Å²) >= 11 is 0. The number of nitrogens with one attached hydrogen (secondary N) is 3. The Morgan fingerprint density at radius 3 is 2.77 bits per heavy atom. The van der Waals surface area contributed by atoms with E-state index in [1.807, 2.05) is 13.0 Å². The summed E-state index contributed by atoms with van der Waals surface area (Å²) in [5.41, 5.74) is 1.35. The number of urea groups is 1. The van der Waals surface area contributed by atoms with Gasteiger partial charge in [0.1, 0.15) is 17.6 Å². The van der Waals surface area contributed by atoms with Crippen molar-refractivity contribution in [3.05, 3.63) is 59.3 Å². The SMILES string of the molecule is CCOC(=O)C1=C(CN(C)CC(=O)Nc2cccc(C)n2)NC(=O)NC1c1ccco1. The molecule has 2 aromatic rings. The predicted molar refractivity (Wildman–Crippen MR) is 112 cm³/mol. The molecule has 0 saturated carbocycles. The Balaban J connectivity index is 1.77. The van der Waals surface area contributed by atoms with Gasteiger partial charge in [0.05, 0.1) is 25.0 Å². The number of furan rings is 1. The van der Waals surface area contributed by atoms with Crippen LogP contribution in [0.2, 0.25) is 0 Å². The van der Waals surface area contributed by atoms with Crippen LogP contribution in [0.25, 0.3) is 0 Å². The van der Waals surface area contributed by atoms with Crippen molar-refractivity contribution in [2.75, 3.05) is 32.1 Å². The van der Waals surface area contributed by atoms with Gasteiger partial charge in [0.25, 0.3) is 0 Å². The first-order valence-electron chi connectivity index (χ1n) is 9.80. The third kappa shape index (κ3) is 5.70. The van der Waals surface area contributed by atoms with Crippen LogP contribution < -0.4 is 16.0 Å². The number of hydrogen-bond donors (Lipinski definition) is 3. The molecular formula is C21H25N5O5. The third-order valence-corrected chi connectivity index (χ3v) is 4.47. The monoisotopic (exact) mass is 427 g/mol. The molecule has 10 heteroatoms. The molecule has 0 fully saturated rings. The van der Waals surface area contributed by atoms with E-state index in [9.17, 15) is 14.4 Å². The largest absolute Gasteiger partial charge is 0.467 e. The summed E-state index contributed by atoms with van der Waals surface area (Å²) in [7, 11) is 1.70. The van der Waals surface area contributed by atoms with Gasteiger partial charge < -0.3 is 25.1 Å². The minimum Gasteiger partial charge on any atom is -0.467 e. The topological polar surface area (TPSA) is 126 Å². The van der Waals surface area contributed by atoms with Crippen LogP contribution in [0.5, 0.6) is 0 Å². The van der Waals surface area contributed by atoms with Crippen LogP contribution in [0, 0.1) is 6.92 Å². The number of likely N-dealkylation sites (N-methyl/N-ethyl adjacent to an activating group) is 1. The van der Waals surface area contributed by atoms with Crippen LogP contribution >= 0.6 is 0 Å². The molecule has 1 aliphatic heterocycles. The second-order valence-electron chi connectivity index (χ2n) is 7.04. The van der Waals surface area contributed by atoms with E-state index in [4.69, 9.17) is 9.15 Å². The molecule has 1 unspecified atom stereocenters. The standard InChI is InChI=1S/C21H25N5O5/c1-4-30-20(28)18-14(23-21(29)25-19(18)15-8-6-10-31-15)11-26(3)12-17(27)24-16-9-5-7-13(2)22-16/h5-10,19H,4,11-12H2,1-3H3,(H,22,24,27)(H2,23,25,29). The maximum Gasteiger partial charge on any atom is 0.338 e. The Hall–Kier alpha value is -3.66. The summed E-state index contributed by atoms with van der Waals surface area (Å²) < 4.78 is 10.6. The average molecular weight is 427 g/mol. The second-order valence-corrected chi connectivity index (χ2v) is 7.04. The van der Waals surface area contributed by atoms with Gasteiger partial charge in [-0.05, 0) is 45.2 Å². The molecule has 0 spiro atoms. The fourth-order valence-electron chi connectivity index (χ4n) is 3.23. The van der Waals surface area contributed by atoms with E-state index in [0.717, 1.165) is 5.69 Å². The number of amides is 3. The molecule has 10 nitrogen and oxygen atoms in total. The molecule has 0 radical (unpaired) electrons. The van der Waals surface area contributed by atoms with Gasteiger partial charge in [0, 0.05) is 17.9 Å². The van der Waals surface area contributed by atoms with Crippen LogP contribution in [0.4, 0.5) is 10.6 Å². The van der Waals surface area contributed by atoms with Gasteiger partial charge in [-0.1, -0.05) is 6.07 Å². The summed E-state index contributed by atoms with van der Waals surface area (Å²) in [5.74, 6) is 0.00847. The number of rotatable bonds is 8. The molecule has 164 valence electrons. The molecule has 0 aliphatic carbocycles. The first-order valence-corrected chi connectivity index (χ1v) is 9.80. The molecule has 0 saturated heterocycles. The van der Waals surface area contributed by atoms with Crippen molar-refractivity contribution in [2.45, 2.75) is 19.9 Å². The summed E-state index contributed by atoms with van der Waals surface area (Å²) in [5, 5.41) is 8.07.